The lowest BCUT2D eigenvalue weighted by molar-refractivity contribution is -0.135. The highest BCUT2D eigenvalue weighted by atomic mass is 16.5. The molecule has 3 rings (SSSR count). The molecule has 8 nitrogen and oxygen atoms in total. The Morgan fingerprint density at radius 3 is 2.52 bits per heavy atom. The van der Waals surface area contributed by atoms with Crippen LogP contribution < -0.4 is 5.32 Å². The molecule has 1 aromatic heterocycles. The van der Waals surface area contributed by atoms with Gasteiger partial charge in [-0.3, -0.25) is 14.9 Å². The fraction of sp³-hybridized carbons (Fsp3) is 0.647. The van der Waals surface area contributed by atoms with E-state index < -0.39 is 5.54 Å². The van der Waals surface area contributed by atoms with Crippen LogP contribution in [-0.2, 0) is 16.0 Å². The van der Waals surface area contributed by atoms with Crippen LogP contribution in [0.2, 0.25) is 0 Å². The third-order valence-corrected chi connectivity index (χ3v) is 5.10. The number of likely N-dealkylation sites (tertiary alicyclic amines) is 1. The minimum absolute atomic E-state index is 0.0565. The van der Waals surface area contributed by atoms with Crippen LogP contribution in [0.5, 0.6) is 0 Å². The summed E-state index contributed by atoms with van der Waals surface area (Å²) in [7, 11) is 3.71. The van der Waals surface area contributed by atoms with Crippen molar-refractivity contribution in [2.75, 3.05) is 27.2 Å². The van der Waals surface area contributed by atoms with E-state index in [0.29, 0.717) is 44.7 Å². The Morgan fingerprint density at radius 1 is 1.32 bits per heavy atom. The number of nitrogens with zero attached hydrogens (tertiary/aromatic N) is 4. The average Bonchev–Trinajstić information content (AvgIpc) is 3.07. The largest absolute Gasteiger partial charge is 0.361 e. The second kappa shape index (κ2) is 6.50. The zero-order valence-electron chi connectivity index (χ0n) is 15.3. The van der Waals surface area contributed by atoms with E-state index in [-0.39, 0.29) is 11.8 Å². The van der Waals surface area contributed by atoms with E-state index in [0.717, 1.165) is 17.0 Å². The summed E-state index contributed by atoms with van der Waals surface area (Å²) in [4.78, 5) is 33.0. The first-order valence-electron chi connectivity index (χ1n) is 8.60. The van der Waals surface area contributed by atoms with Crippen LogP contribution in [0.15, 0.2) is 9.52 Å². The smallest absolute Gasteiger partial charge is 0.254 e. The van der Waals surface area contributed by atoms with Crippen molar-refractivity contribution >= 4 is 17.8 Å². The Hall–Kier alpha value is -2.38. The fourth-order valence-corrected chi connectivity index (χ4v) is 3.42. The Morgan fingerprint density at radius 2 is 2.00 bits per heavy atom. The molecule has 2 amide bonds. The average molecular weight is 347 g/mol. The normalized spacial score (nSPS) is 19.1. The van der Waals surface area contributed by atoms with E-state index in [4.69, 9.17) is 4.52 Å². The van der Waals surface area contributed by atoms with Crippen molar-refractivity contribution in [2.24, 2.45) is 4.99 Å². The number of hydrogen-bond acceptors (Lipinski definition) is 6. The number of nitrogens with one attached hydrogen (secondary N) is 1. The van der Waals surface area contributed by atoms with Crippen LogP contribution in [0.1, 0.15) is 36.3 Å². The standard InChI is InChI=1S/C17H25N5O3/c1-11-13(12(2)25-20-11)5-6-14(23)22-9-7-17(8-10-22)15(24)18-16(19-17)21(3)4/h5-10H2,1-4H3,(H,18,19,24). The molecular weight excluding hydrogens is 322 g/mol. The van der Waals surface area contributed by atoms with Gasteiger partial charge in [0, 0.05) is 39.2 Å². The van der Waals surface area contributed by atoms with Gasteiger partial charge in [0.1, 0.15) is 11.3 Å². The van der Waals surface area contributed by atoms with E-state index in [1.165, 1.54) is 0 Å². The van der Waals surface area contributed by atoms with Gasteiger partial charge in [-0.25, -0.2) is 4.99 Å². The third-order valence-electron chi connectivity index (χ3n) is 5.10. The van der Waals surface area contributed by atoms with Crippen LogP contribution in [0.25, 0.3) is 0 Å². The molecule has 0 aromatic carbocycles. The summed E-state index contributed by atoms with van der Waals surface area (Å²) in [5.74, 6) is 1.42. The van der Waals surface area contributed by atoms with Crippen molar-refractivity contribution in [2.45, 2.75) is 45.1 Å². The van der Waals surface area contributed by atoms with Crippen LogP contribution in [0, 0.1) is 13.8 Å². The number of piperidine rings is 1. The van der Waals surface area contributed by atoms with Crippen LogP contribution in [-0.4, -0.2) is 65.5 Å². The number of rotatable bonds is 3. The van der Waals surface area contributed by atoms with E-state index in [1.54, 1.807) is 4.90 Å². The Balaban J connectivity index is 1.57. The summed E-state index contributed by atoms with van der Waals surface area (Å²) >= 11 is 0. The maximum atomic E-state index is 12.5. The highest BCUT2D eigenvalue weighted by molar-refractivity contribution is 6.07. The second-order valence-electron chi connectivity index (χ2n) is 7.00. The molecule has 1 spiro atoms. The summed E-state index contributed by atoms with van der Waals surface area (Å²) in [6, 6.07) is 0. The van der Waals surface area contributed by atoms with Gasteiger partial charge >= 0.3 is 0 Å². The first kappa shape index (κ1) is 17.4. The number of hydrogen-bond donors (Lipinski definition) is 1. The summed E-state index contributed by atoms with van der Waals surface area (Å²) in [6.45, 7) is 4.86. The fourth-order valence-electron chi connectivity index (χ4n) is 3.42. The topological polar surface area (TPSA) is 91.0 Å². The Kier molecular flexibility index (Phi) is 4.53. The molecule has 3 heterocycles. The maximum Gasteiger partial charge on any atom is 0.254 e. The van der Waals surface area contributed by atoms with Crippen LogP contribution in [0.4, 0.5) is 0 Å². The quantitative estimate of drug-likeness (QED) is 0.866. The van der Waals surface area contributed by atoms with E-state index in [1.807, 2.05) is 32.8 Å². The number of amides is 2. The second-order valence-corrected chi connectivity index (χ2v) is 7.00. The van der Waals surface area contributed by atoms with E-state index in [9.17, 15) is 9.59 Å². The molecule has 8 heteroatoms. The van der Waals surface area contributed by atoms with Gasteiger partial charge in [0.15, 0.2) is 0 Å². The predicted octanol–water partition coefficient (Wildman–Crippen LogP) is 0.633. The SMILES string of the molecule is Cc1noc(C)c1CCC(=O)N1CCC2(CC1)N=C(N(C)C)NC2=O. The first-order valence-corrected chi connectivity index (χ1v) is 8.60. The predicted molar refractivity (Wildman–Crippen MR) is 92.1 cm³/mol. The summed E-state index contributed by atoms with van der Waals surface area (Å²) in [5, 5.41) is 6.75. The van der Waals surface area contributed by atoms with Gasteiger partial charge in [0.2, 0.25) is 11.9 Å². The van der Waals surface area contributed by atoms with Crippen LogP contribution >= 0.6 is 0 Å². The molecule has 0 bridgehead atoms. The van der Waals surface area contributed by atoms with E-state index >= 15 is 0 Å². The van der Waals surface area contributed by atoms with Gasteiger partial charge < -0.3 is 14.3 Å². The maximum absolute atomic E-state index is 12.5. The Bertz CT molecular complexity index is 694. The molecule has 0 atom stereocenters. The van der Waals surface area contributed by atoms with Gasteiger partial charge in [0.05, 0.1) is 5.69 Å². The van der Waals surface area contributed by atoms with Gasteiger partial charge in [-0.05, 0) is 33.1 Å². The van der Waals surface area contributed by atoms with Crippen molar-refractivity contribution in [1.82, 2.24) is 20.3 Å². The summed E-state index contributed by atoms with van der Waals surface area (Å²) in [5.41, 5.74) is 1.14. The molecule has 0 aliphatic carbocycles. The first-order chi connectivity index (χ1) is 11.8. The van der Waals surface area contributed by atoms with E-state index in [2.05, 4.69) is 15.5 Å². The minimum Gasteiger partial charge on any atom is -0.361 e. The van der Waals surface area contributed by atoms with Gasteiger partial charge in [-0.2, -0.15) is 0 Å². The molecule has 2 aliphatic heterocycles. The van der Waals surface area contributed by atoms with Crippen molar-refractivity contribution in [1.29, 1.82) is 0 Å². The molecule has 2 aliphatic rings. The minimum atomic E-state index is -0.710. The van der Waals surface area contributed by atoms with Crippen LogP contribution in [0.3, 0.4) is 0 Å². The highest BCUT2D eigenvalue weighted by Gasteiger charge is 2.46. The zero-order valence-corrected chi connectivity index (χ0v) is 15.3. The molecular formula is C17H25N5O3. The molecule has 0 radical (unpaired) electrons. The molecule has 1 N–H and O–H groups in total. The molecule has 0 saturated carbocycles. The highest BCUT2D eigenvalue weighted by Crippen LogP contribution is 2.30. The van der Waals surface area contributed by atoms with Gasteiger partial charge in [-0.15, -0.1) is 0 Å². The number of aromatic nitrogens is 1. The molecule has 1 fully saturated rings. The summed E-state index contributed by atoms with van der Waals surface area (Å²) in [6.07, 6.45) is 2.18. The van der Waals surface area contributed by atoms with Crippen molar-refractivity contribution < 1.29 is 14.1 Å². The third kappa shape index (κ3) is 3.25. The number of aryl methyl sites for hydroxylation is 2. The zero-order chi connectivity index (χ0) is 18.2. The lowest BCUT2D eigenvalue weighted by Gasteiger charge is -2.35. The molecule has 0 unspecified atom stereocenters. The van der Waals surface area contributed by atoms with Crippen molar-refractivity contribution in [3.8, 4) is 0 Å². The van der Waals surface area contributed by atoms with Gasteiger partial charge in [0.25, 0.3) is 5.91 Å². The molecule has 136 valence electrons. The number of guanidine groups is 1. The Labute approximate surface area is 147 Å². The molecule has 1 aromatic rings. The lowest BCUT2D eigenvalue weighted by atomic mass is 9.88. The number of carbonyl (C=O) groups excluding carboxylic acids is 2. The lowest BCUT2D eigenvalue weighted by Crippen LogP contribution is -2.50. The van der Waals surface area contributed by atoms with Gasteiger partial charge in [-0.1, -0.05) is 5.16 Å². The van der Waals surface area contributed by atoms with Crippen molar-refractivity contribution in [3.05, 3.63) is 17.0 Å². The number of aliphatic imine (C=N–C) groups is 1. The van der Waals surface area contributed by atoms with Crippen molar-refractivity contribution in [3.63, 3.8) is 0 Å². The number of carbonyl (C=O) groups is 2. The molecule has 1 saturated heterocycles. The summed E-state index contributed by atoms with van der Waals surface area (Å²) < 4.78 is 5.14. The monoisotopic (exact) mass is 347 g/mol. The molecule has 25 heavy (non-hydrogen) atoms.